The number of rotatable bonds is 3. The second-order valence-electron chi connectivity index (χ2n) is 2.92. The highest BCUT2D eigenvalue weighted by Gasteiger charge is 2.24. The number of nitrogens with two attached hydrogens (primary N) is 1. The molecule has 0 aromatic heterocycles. The van der Waals surface area contributed by atoms with Crippen LogP contribution < -0.4 is 5.73 Å². The third-order valence-electron chi connectivity index (χ3n) is 1.93. The number of hydrogen-bond acceptors (Lipinski definition) is 2. The third kappa shape index (κ3) is 2.18. The van der Waals surface area contributed by atoms with E-state index in [2.05, 4.69) is 0 Å². The maximum absolute atomic E-state index is 11.0. The number of carbonyl (C=O) groups excluding carboxylic acids is 1. The van der Waals surface area contributed by atoms with Crippen LogP contribution in [-0.2, 0) is 15.9 Å². The Morgan fingerprint density at radius 2 is 2.07 bits per heavy atom. The van der Waals surface area contributed by atoms with Crippen LogP contribution in [0.2, 0.25) is 0 Å². The molecule has 0 spiro atoms. The number of primary amides is 1. The molecule has 1 aromatic rings. The molecule has 0 radical (unpaired) electrons. The van der Waals surface area contributed by atoms with Crippen molar-refractivity contribution in [1.82, 2.24) is 0 Å². The second kappa shape index (κ2) is 4.34. The van der Waals surface area contributed by atoms with Crippen molar-refractivity contribution in [2.45, 2.75) is 12.2 Å². The van der Waals surface area contributed by atoms with Crippen molar-refractivity contribution in [2.24, 2.45) is 5.73 Å². The van der Waals surface area contributed by atoms with E-state index in [1.54, 1.807) is 31.2 Å². The lowest BCUT2D eigenvalue weighted by atomic mass is 10.1. The standard InChI is InChI=1S/C9H11NO3S/c1-6-4-2-3-5-7(6)8(9(10)11)14(12)13/h2-5,8H,1H3,(H2,10,11)(H,12,13). The van der Waals surface area contributed by atoms with E-state index in [0.29, 0.717) is 5.56 Å². The van der Waals surface area contributed by atoms with Crippen molar-refractivity contribution in [2.75, 3.05) is 0 Å². The molecule has 1 amide bonds. The van der Waals surface area contributed by atoms with Gasteiger partial charge in [0.2, 0.25) is 5.91 Å². The Morgan fingerprint density at radius 1 is 1.50 bits per heavy atom. The highest BCUT2D eigenvalue weighted by molar-refractivity contribution is 7.80. The normalized spacial score (nSPS) is 14.7. The molecule has 5 heteroatoms. The van der Waals surface area contributed by atoms with Crippen molar-refractivity contribution in [1.29, 1.82) is 0 Å². The predicted octanol–water partition coefficient (Wildman–Crippen LogP) is 0.743. The van der Waals surface area contributed by atoms with Crippen molar-refractivity contribution in [3.8, 4) is 0 Å². The molecule has 0 aliphatic rings. The lowest BCUT2D eigenvalue weighted by Gasteiger charge is -2.11. The molecule has 0 fully saturated rings. The molecule has 0 aliphatic heterocycles. The van der Waals surface area contributed by atoms with Crippen molar-refractivity contribution >= 4 is 17.0 Å². The van der Waals surface area contributed by atoms with Gasteiger partial charge in [0, 0.05) is 0 Å². The first-order chi connectivity index (χ1) is 6.54. The van der Waals surface area contributed by atoms with E-state index in [1.165, 1.54) is 0 Å². The molecular formula is C9H11NO3S. The Balaban J connectivity index is 3.18. The minimum Gasteiger partial charge on any atom is -0.368 e. The van der Waals surface area contributed by atoms with E-state index in [1.807, 2.05) is 0 Å². The van der Waals surface area contributed by atoms with Crippen LogP contribution in [0.3, 0.4) is 0 Å². The zero-order valence-electron chi connectivity index (χ0n) is 7.64. The van der Waals surface area contributed by atoms with Crippen LogP contribution in [0.5, 0.6) is 0 Å². The average molecular weight is 213 g/mol. The fourth-order valence-corrected chi connectivity index (χ4v) is 1.92. The maximum atomic E-state index is 11.0. The molecule has 3 N–H and O–H groups in total. The molecule has 2 unspecified atom stereocenters. The van der Waals surface area contributed by atoms with E-state index in [9.17, 15) is 9.00 Å². The molecule has 76 valence electrons. The van der Waals surface area contributed by atoms with Gasteiger partial charge in [-0.1, -0.05) is 24.3 Å². The van der Waals surface area contributed by atoms with Gasteiger partial charge < -0.3 is 10.3 Å². The van der Waals surface area contributed by atoms with Gasteiger partial charge in [0.1, 0.15) is 0 Å². The molecule has 14 heavy (non-hydrogen) atoms. The molecule has 1 rings (SSSR count). The summed E-state index contributed by atoms with van der Waals surface area (Å²) in [4.78, 5) is 11.0. The highest BCUT2D eigenvalue weighted by Crippen LogP contribution is 2.21. The average Bonchev–Trinajstić information content (AvgIpc) is 2.07. The third-order valence-corrected chi connectivity index (χ3v) is 2.82. The van der Waals surface area contributed by atoms with Crippen LogP contribution in [-0.4, -0.2) is 14.7 Å². The van der Waals surface area contributed by atoms with Crippen LogP contribution >= 0.6 is 0 Å². The molecule has 4 nitrogen and oxygen atoms in total. The van der Waals surface area contributed by atoms with Gasteiger partial charge in [-0.2, -0.15) is 0 Å². The summed E-state index contributed by atoms with van der Waals surface area (Å²) in [6.45, 7) is 1.76. The summed E-state index contributed by atoms with van der Waals surface area (Å²) in [7, 11) is 0. The smallest absolute Gasteiger partial charge is 0.240 e. The Labute approximate surface area is 84.4 Å². The quantitative estimate of drug-likeness (QED) is 0.727. The van der Waals surface area contributed by atoms with Crippen LogP contribution in [0, 0.1) is 6.92 Å². The first-order valence-electron chi connectivity index (χ1n) is 3.98. The minimum atomic E-state index is -2.27. The molecule has 2 atom stereocenters. The van der Waals surface area contributed by atoms with E-state index in [0.717, 1.165) is 5.56 Å². The lowest BCUT2D eigenvalue weighted by Crippen LogP contribution is -2.25. The largest absolute Gasteiger partial charge is 0.368 e. The van der Waals surface area contributed by atoms with E-state index in [-0.39, 0.29) is 0 Å². The fourth-order valence-electron chi connectivity index (χ4n) is 1.24. The number of hydrogen-bond donors (Lipinski definition) is 2. The summed E-state index contributed by atoms with van der Waals surface area (Å²) in [6, 6.07) is 6.87. The number of aryl methyl sites for hydroxylation is 1. The molecular weight excluding hydrogens is 202 g/mol. The van der Waals surface area contributed by atoms with E-state index >= 15 is 0 Å². The Morgan fingerprint density at radius 3 is 2.50 bits per heavy atom. The van der Waals surface area contributed by atoms with E-state index in [4.69, 9.17) is 10.3 Å². The first kappa shape index (κ1) is 10.9. The molecule has 0 heterocycles. The van der Waals surface area contributed by atoms with Gasteiger partial charge in [0.15, 0.2) is 16.3 Å². The number of carbonyl (C=O) groups is 1. The summed E-state index contributed by atoms with van der Waals surface area (Å²) in [5.41, 5.74) is 6.32. The second-order valence-corrected chi connectivity index (χ2v) is 3.94. The summed E-state index contributed by atoms with van der Waals surface area (Å²) in [5, 5.41) is -1.14. The fraction of sp³-hybridized carbons (Fsp3) is 0.222. The Bertz CT molecular complexity index is 364. The van der Waals surface area contributed by atoms with Crippen LogP contribution in [0.4, 0.5) is 0 Å². The Hall–Kier alpha value is -1.20. The topological polar surface area (TPSA) is 80.4 Å². The van der Waals surface area contributed by atoms with Crippen molar-refractivity contribution in [3.05, 3.63) is 35.4 Å². The number of benzene rings is 1. The zero-order chi connectivity index (χ0) is 10.7. The van der Waals surface area contributed by atoms with Gasteiger partial charge in [-0.05, 0) is 18.1 Å². The van der Waals surface area contributed by atoms with Gasteiger partial charge in [-0.25, -0.2) is 4.21 Å². The summed E-state index contributed by atoms with van der Waals surface area (Å²) in [5.74, 6) is -0.792. The van der Waals surface area contributed by atoms with Crippen LogP contribution in [0.1, 0.15) is 16.4 Å². The van der Waals surface area contributed by atoms with Gasteiger partial charge >= 0.3 is 0 Å². The SMILES string of the molecule is Cc1ccccc1C(C(N)=O)S(=O)O. The first-order valence-corrected chi connectivity index (χ1v) is 5.15. The van der Waals surface area contributed by atoms with Gasteiger partial charge in [0.05, 0.1) is 0 Å². The summed E-state index contributed by atoms with van der Waals surface area (Å²) in [6.07, 6.45) is 0. The summed E-state index contributed by atoms with van der Waals surface area (Å²) < 4.78 is 19.8. The number of amides is 1. The Kier molecular flexibility index (Phi) is 3.38. The van der Waals surface area contributed by atoms with Crippen molar-refractivity contribution < 1.29 is 13.6 Å². The molecule has 1 aromatic carbocycles. The zero-order valence-corrected chi connectivity index (χ0v) is 8.45. The van der Waals surface area contributed by atoms with E-state index < -0.39 is 22.2 Å². The summed E-state index contributed by atoms with van der Waals surface area (Å²) >= 11 is -2.27. The van der Waals surface area contributed by atoms with Crippen molar-refractivity contribution in [3.63, 3.8) is 0 Å². The van der Waals surface area contributed by atoms with Gasteiger partial charge in [-0.3, -0.25) is 4.79 Å². The van der Waals surface area contributed by atoms with Gasteiger partial charge in [-0.15, -0.1) is 0 Å². The lowest BCUT2D eigenvalue weighted by molar-refractivity contribution is -0.117. The molecule has 0 saturated carbocycles. The molecule has 0 aliphatic carbocycles. The monoisotopic (exact) mass is 213 g/mol. The maximum Gasteiger partial charge on any atom is 0.240 e. The van der Waals surface area contributed by atoms with Crippen LogP contribution in [0.15, 0.2) is 24.3 Å². The molecule has 0 saturated heterocycles. The van der Waals surface area contributed by atoms with Crippen LogP contribution in [0.25, 0.3) is 0 Å². The molecule has 0 bridgehead atoms. The van der Waals surface area contributed by atoms with Gasteiger partial charge in [0.25, 0.3) is 0 Å². The minimum absolute atomic E-state index is 0.501. The highest BCUT2D eigenvalue weighted by atomic mass is 32.2. The predicted molar refractivity (Wildman–Crippen MR) is 53.9 cm³/mol.